The highest BCUT2D eigenvalue weighted by atomic mass is 16.5. The van der Waals surface area contributed by atoms with Crippen molar-refractivity contribution in [2.75, 3.05) is 6.61 Å². The van der Waals surface area contributed by atoms with E-state index in [-0.39, 0.29) is 11.6 Å². The lowest BCUT2D eigenvalue weighted by Crippen LogP contribution is -2.56. The molecule has 0 bridgehead atoms. The largest absolute Gasteiger partial charge is 0.374 e. The van der Waals surface area contributed by atoms with Gasteiger partial charge in [-0.25, -0.2) is 0 Å². The van der Waals surface area contributed by atoms with Crippen LogP contribution in [-0.2, 0) is 11.2 Å². The molecule has 1 fully saturated rings. The van der Waals surface area contributed by atoms with Gasteiger partial charge in [0.2, 0.25) is 0 Å². The smallest absolute Gasteiger partial charge is 0.0851 e. The van der Waals surface area contributed by atoms with Gasteiger partial charge in [-0.15, -0.1) is 0 Å². The van der Waals surface area contributed by atoms with Gasteiger partial charge >= 0.3 is 0 Å². The number of hydrogen-bond donors (Lipinski definition) is 2. The first kappa shape index (κ1) is 15.4. The Morgan fingerprint density at radius 2 is 2.05 bits per heavy atom. The van der Waals surface area contributed by atoms with E-state index in [0.717, 1.165) is 31.6 Å². The van der Waals surface area contributed by atoms with E-state index in [9.17, 15) is 0 Å². The molecule has 0 amide bonds. The molecule has 1 heterocycles. The summed E-state index contributed by atoms with van der Waals surface area (Å²) in [6, 6.07) is 6.14. The summed E-state index contributed by atoms with van der Waals surface area (Å²) in [4.78, 5) is 4.42. The third-order valence-electron chi connectivity index (χ3n) is 4.36. The van der Waals surface area contributed by atoms with Crippen LogP contribution in [0.1, 0.15) is 51.1 Å². The first-order chi connectivity index (χ1) is 9.80. The van der Waals surface area contributed by atoms with Gasteiger partial charge in [0.1, 0.15) is 0 Å². The molecule has 4 nitrogen and oxygen atoms in total. The fourth-order valence-electron chi connectivity index (χ4n) is 3.33. The van der Waals surface area contributed by atoms with E-state index >= 15 is 0 Å². The van der Waals surface area contributed by atoms with Crippen molar-refractivity contribution in [3.63, 3.8) is 0 Å². The molecular formula is C16H27N3O. The highest BCUT2D eigenvalue weighted by molar-refractivity contribution is 5.08. The minimum absolute atomic E-state index is 0.121. The van der Waals surface area contributed by atoms with E-state index in [1.165, 1.54) is 25.7 Å². The van der Waals surface area contributed by atoms with Crippen LogP contribution in [0.3, 0.4) is 0 Å². The van der Waals surface area contributed by atoms with Gasteiger partial charge in [-0.1, -0.05) is 31.7 Å². The van der Waals surface area contributed by atoms with Crippen molar-refractivity contribution in [3.8, 4) is 0 Å². The van der Waals surface area contributed by atoms with E-state index in [4.69, 9.17) is 10.6 Å². The average Bonchev–Trinajstić information content (AvgIpc) is 2.73. The number of nitrogens with two attached hydrogens (primary N) is 1. The van der Waals surface area contributed by atoms with Crippen molar-refractivity contribution in [1.29, 1.82) is 0 Å². The van der Waals surface area contributed by atoms with Crippen molar-refractivity contribution >= 4 is 0 Å². The van der Waals surface area contributed by atoms with Crippen LogP contribution in [0.5, 0.6) is 0 Å². The molecule has 20 heavy (non-hydrogen) atoms. The molecule has 0 spiro atoms. The number of hydrazine groups is 1. The van der Waals surface area contributed by atoms with Crippen LogP contribution >= 0.6 is 0 Å². The van der Waals surface area contributed by atoms with Gasteiger partial charge < -0.3 is 4.74 Å². The monoisotopic (exact) mass is 277 g/mol. The summed E-state index contributed by atoms with van der Waals surface area (Å²) in [7, 11) is 0. The van der Waals surface area contributed by atoms with Gasteiger partial charge in [0.25, 0.3) is 0 Å². The van der Waals surface area contributed by atoms with Crippen LogP contribution in [0.25, 0.3) is 0 Å². The second kappa shape index (κ2) is 7.72. The molecule has 3 N–H and O–H groups in total. The van der Waals surface area contributed by atoms with E-state index in [1.54, 1.807) is 0 Å². The Balaban J connectivity index is 2.15. The third kappa shape index (κ3) is 3.78. The molecule has 1 aliphatic carbocycles. The maximum Gasteiger partial charge on any atom is 0.0851 e. The minimum atomic E-state index is -0.141. The predicted octanol–water partition coefficient (Wildman–Crippen LogP) is 2.59. The number of nitrogens with one attached hydrogen (secondary N) is 1. The van der Waals surface area contributed by atoms with Gasteiger partial charge in [-0.3, -0.25) is 16.3 Å². The molecule has 1 unspecified atom stereocenters. The summed E-state index contributed by atoms with van der Waals surface area (Å²) in [6.45, 7) is 2.81. The van der Waals surface area contributed by atoms with Crippen LogP contribution in [0.2, 0.25) is 0 Å². The molecule has 0 radical (unpaired) electrons. The zero-order valence-electron chi connectivity index (χ0n) is 12.5. The summed E-state index contributed by atoms with van der Waals surface area (Å²) in [5.74, 6) is 5.86. The first-order valence-electron chi connectivity index (χ1n) is 7.81. The zero-order chi connectivity index (χ0) is 14.3. The lowest BCUT2D eigenvalue weighted by molar-refractivity contribution is -0.0770. The zero-order valence-corrected chi connectivity index (χ0v) is 12.5. The van der Waals surface area contributed by atoms with Gasteiger partial charge in [-0.2, -0.15) is 0 Å². The molecule has 2 rings (SSSR count). The summed E-state index contributed by atoms with van der Waals surface area (Å²) >= 11 is 0. The van der Waals surface area contributed by atoms with Gasteiger partial charge in [0.05, 0.1) is 11.6 Å². The molecule has 1 aromatic rings. The Labute approximate surface area is 122 Å². The molecule has 0 aliphatic heterocycles. The SMILES string of the molecule is CCOC1(C(Cc2ccccn2)NN)CCCCCC1. The molecule has 0 aromatic carbocycles. The normalized spacial score (nSPS) is 20.3. The quantitative estimate of drug-likeness (QED) is 0.477. The fraction of sp³-hybridized carbons (Fsp3) is 0.688. The van der Waals surface area contributed by atoms with Crippen molar-refractivity contribution in [1.82, 2.24) is 10.4 Å². The molecule has 1 atom stereocenters. The molecule has 1 saturated carbocycles. The summed E-state index contributed by atoms with van der Waals surface area (Å²) in [5, 5.41) is 0. The van der Waals surface area contributed by atoms with E-state index in [2.05, 4.69) is 23.4 Å². The first-order valence-corrected chi connectivity index (χ1v) is 7.81. The Morgan fingerprint density at radius 1 is 1.30 bits per heavy atom. The molecule has 112 valence electrons. The number of ether oxygens (including phenoxy) is 1. The van der Waals surface area contributed by atoms with Crippen LogP contribution in [-0.4, -0.2) is 23.2 Å². The van der Waals surface area contributed by atoms with Crippen molar-refractivity contribution in [2.45, 2.75) is 63.5 Å². The van der Waals surface area contributed by atoms with E-state index in [1.807, 2.05) is 18.3 Å². The fourth-order valence-corrected chi connectivity index (χ4v) is 3.33. The Hall–Kier alpha value is -0.970. The Kier molecular flexibility index (Phi) is 5.95. The van der Waals surface area contributed by atoms with Crippen LogP contribution in [0.15, 0.2) is 24.4 Å². The number of nitrogens with zero attached hydrogens (tertiary/aromatic N) is 1. The number of pyridine rings is 1. The lowest BCUT2D eigenvalue weighted by atomic mass is 9.83. The van der Waals surface area contributed by atoms with Crippen LogP contribution in [0.4, 0.5) is 0 Å². The second-order valence-electron chi connectivity index (χ2n) is 5.66. The van der Waals surface area contributed by atoms with Crippen molar-refractivity contribution < 1.29 is 4.74 Å². The Morgan fingerprint density at radius 3 is 2.60 bits per heavy atom. The summed E-state index contributed by atoms with van der Waals surface area (Å²) in [5.41, 5.74) is 3.94. The number of hydrogen-bond acceptors (Lipinski definition) is 4. The second-order valence-corrected chi connectivity index (χ2v) is 5.66. The molecule has 1 aromatic heterocycles. The molecule has 1 aliphatic rings. The van der Waals surface area contributed by atoms with Gasteiger partial charge in [-0.05, 0) is 31.9 Å². The minimum Gasteiger partial charge on any atom is -0.374 e. The maximum absolute atomic E-state index is 6.21. The Bertz CT molecular complexity index is 375. The summed E-state index contributed by atoms with van der Waals surface area (Å²) in [6.07, 6.45) is 9.87. The lowest BCUT2D eigenvalue weighted by Gasteiger charge is -2.39. The van der Waals surface area contributed by atoms with Crippen LogP contribution < -0.4 is 11.3 Å². The maximum atomic E-state index is 6.21. The predicted molar refractivity (Wildman–Crippen MR) is 81.1 cm³/mol. The highest BCUT2D eigenvalue weighted by Crippen LogP contribution is 2.34. The number of rotatable bonds is 6. The average molecular weight is 277 g/mol. The molecule has 0 saturated heterocycles. The number of aromatic nitrogens is 1. The van der Waals surface area contributed by atoms with E-state index in [0.29, 0.717) is 0 Å². The van der Waals surface area contributed by atoms with Crippen molar-refractivity contribution in [2.24, 2.45) is 5.84 Å². The highest BCUT2D eigenvalue weighted by Gasteiger charge is 2.39. The van der Waals surface area contributed by atoms with Crippen LogP contribution in [0, 0.1) is 0 Å². The van der Waals surface area contributed by atoms with Gasteiger partial charge in [0, 0.05) is 24.9 Å². The van der Waals surface area contributed by atoms with Gasteiger partial charge in [0.15, 0.2) is 0 Å². The third-order valence-corrected chi connectivity index (χ3v) is 4.36. The summed E-state index contributed by atoms with van der Waals surface area (Å²) < 4.78 is 6.21. The topological polar surface area (TPSA) is 60.2 Å². The van der Waals surface area contributed by atoms with Crippen molar-refractivity contribution in [3.05, 3.63) is 30.1 Å². The molecular weight excluding hydrogens is 250 g/mol. The van der Waals surface area contributed by atoms with E-state index < -0.39 is 0 Å². The molecule has 4 heteroatoms. The standard InChI is InChI=1S/C16H27N3O/c1-2-20-16(10-6-3-4-7-11-16)15(19-17)13-14-9-5-8-12-18-14/h5,8-9,12,15,19H,2-4,6-7,10-11,13,17H2,1H3.